The number of hydrogen-bond acceptors (Lipinski definition) is 4. The molecule has 0 spiro atoms. The molecule has 0 radical (unpaired) electrons. The first-order valence-electron chi connectivity index (χ1n) is 10.5. The highest BCUT2D eigenvalue weighted by atomic mass is 16.5. The summed E-state index contributed by atoms with van der Waals surface area (Å²) in [5.74, 6) is 0.0136. The van der Waals surface area contributed by atoms with Gasteiger partial charge in [0.05, 0.1) is 12.5 Å². The Morgan fingerprint density at radius 2 is 1.59 bits per heavy atom. The van der Waals surface area contributed by atoms with Crippen molar-refractivity contribution in [3.63, 3.8) is 0 Å². The highest BCUT2D eigenvalue weighted by Crippen LogP contribution is 2.33. The molecule has 0 amide bonds. The molecular formula is C25H31NO3. The normalized spacial score (nSPS) is 15.8. The molecule has 0 heterocycles. The lowest BCUT2D eigenvalue weighted by Gasteiger charge is -2.36. The van der Waals surface area contributed by atoms with Crippen LogP contribution in [0.25, 0.3) is 0 Å². The van der Waals surface area contributed by atoms with E-state index in [9.17, 15) is 10.0 Å². The zero-order valence-electron chi connectivity index (χ0n) is 17.0. The maximum atomic E-state index is 12.4. The van der Waals surface area contributed by atoms with Crippen molar-refractivity contribution in [3.05, 3.63) is 83.9 Å². The summed E-state index contributed by atoms with van der Waals surface area (Å²) in [5.41, 5.74) is 2.73. The van der Waals surface area contributed by atoms with E-state index in [1.54, 1.807) is 0 Å². The Labute approximate surface area is 173 Å². The average Bonchev–Trinajstić information content (AvgIpc) is 2.74. The van der Waals surface area contributed by atoms with Gasteiger partial charge in [0.25, 0.3) is 0 Å². The molecule has 29 heavy (non-hydrogen) atoms. The summed E-state index contributed by atoms with van der Waals surface area (Å²) in [4.78, 5) is 12.4. The smallest absolute Gasteiger partial charge is 0.310 e. The van der Waals surface area contributed by atoms with E-state index in [-0.39, 0.29) is 25.0 Å². The van der Waals surface area contributed by atoms with E-state index in [4.69, 9.17) is 4.74 Å². The quantitative estimate of drug-likeness (QED) is 0.346. The van der Waals surface area contributed by atoms with Gasteiger partial charge in [-0.1, -0.05) is 86.5 Å². The topological polar surface area (TPSA) is 49.8 Å². The first-order valence-corrected chi connectivity index (χ1v) is 10.5. The van der Waals surface area contributed by atoms with Crippen LogP contribution >= 0.6 is 0 Å². The van der Waals surface area contributed by atoms with Crippen LogP contribution in [0.4, 0.5) is 0 Å². The second-order valence-electron chi connectivity index (χ2n) is 7.91. The number of carbonyl (C=O) groups excluding carboxylic acids is 1. The average molecular weight is 394 g/mol. The minimum atomic E-state index is -0.298. The van der Waals surface area contributed by atoms with Crippen LogP contribution in [0.2, 0.25) is 0 Å². The van der Waals surface area contributed by atoms with Crippen molar-refractivity contribution in [2.45, 2.75) is 57.7 Å². The zero-order valence-corrected chi connectivity index (χ0v) is 17.0. The summed E-state index contributed by atoms with van der Waals surface area (Å²) in [7, 11) is 0. The summed E-state index contributed by atoms with van der Waals surface area (Å²) >= 11 is 0. The van der Waals surface area contributed by atoms with Crippen LogP contribution in [0.15, 0.2) is 72.8 Å². The van der Waals surface area contributed by atoms with E-state index in [1.165, 1.54) is 11.5 Å². The first-order chi connectivity index (χ1) is 14.1. The van der Waals surface area contributed by atoms with E-state index in [0.717, 1.165) is 42.4 Å². The first kappa shape index (κ1) is 21.3. The van der Waals surface area contributed by atoms with Crippen molar-refractivity contribution in [1.82, 2.24) is 5.06 Å². The molecular weight excluding hydrogens is 362 g/mol. The molecule has 1 aliphatic rings. The van der Waals surface area contributed by atoms with Gasteiger partial charge in [0.2, 0.25) is 0 Å². The molecule has 2 aromatic carbocycles. The molecule has 0 bridgehead atoms. The molecule has 4 heteroatoms. The molecule has 1 N–H and O–H groups in total. The Balaban J connectivity index is 1.62. The largest absolute Gasteiger partial charge is 0.461 e. The molecule has 1 atom stereocenters. The predicted molar refractivity (Wildman–Crippen MR) is 114 cm³/mol. The van der Waals surface area contributed by atoms with Crippen molar-refractivity contribution < 1.29 is 14.7 Å². The minimum Gasteiger partial charge on any atom is -0.461 e. The Morgan fingerprint density at radius 3 is 2.21 bits per heavy atom. The van der Waals surface area contributed by atoms with Gasteiger partial charge in [-0.2, -0.15) is 5.06 Å². The van der Waals surface area contributed by atoms with E-state index in [1.807, 2.05) is 60.7 Å². The van der Waals surface area contributed by atoms with E-state index in [2.05, 4.69) is 6.58 Å². The summed E-state index contributed by atoms with van der Waals surface area (Å²) < 4.78 is 5.43. The van der Waals surface area contributed by atoms with Crippen LogP contribution in [-0.2, 0) is 22.7 Å². The molecule has 1 saturated carbocycles. The maximum Gasteiger partial charge on any atom is 0.310 e. The second kappa shape index (κ2) is 10.9. The third-order valence-electron chi connectivity index (χ3n) is 5.64. The predicted octanol–water partition coefficient (Wildman–Crippen LogP) is 5.52. The van der Waals surface area contributed by atoms with Gasteiger partial charge in [0.15, 0.2) is 0 Å². The van der Waals surface area contributed by atoms with Crippen LogP contribution in [0.3, 0.4) is 0 Å². The SMILES string of the molecule is C=C(CC(=O)OCc1ccccc1)C(C1CCCCC1)N(O)Cc1ccccc1. The second-order valence-corrected chi connectivity index (χ2v) is 7.91. The van der Waals surface area contributed by atoms with Crippen molar-refractivity contribution in [3.8, 4) is 0 Å². The van der Waals surface area contributed by atoms with E-state index >= 15 is 0 Å². The Kier molecular flexibility index (Phi) is 8.03. The number of hydroxylamine groups is 2. The van der Waals surface area contributed by atoms with Crippen LogP contribution in [0.5, 0.6) is 0 Å². The fourth-order valence-electron chi connectivity index (χ4n) is 4.19. The molecule has 0 aromatic heterocycles. The van der Waals surface area contributed by atoms with Crippen LogP contribution in [0.1, 0.15) is 49.7 Å². The molecule has 1 fully saturated rings. The fraction of sp³-hybridized carbons (Fsp3) is 0.400. The molecule has 2 aromatic rings. The lowest BCUT2D eigenvalue weighted by atomic mass is 9.80. The number of ether oxygens (including phenoxy) is 1. The molecule has 3 rings (SSSR count). The highest BCUT2D eigenvalue weighted by molar-refractivity contribution is 5.72. The molecule has 4 nitrogen and oxygen atoms in total. The van der Waals surface area contributed by atoms with Crippen LogP contribution in [0, 0.1) is 5.92 Å². The van der Waals surface area contributed by atoms with Crippen molar-refractivity contribution in [2.24, 2.45) is 5.92 Å². The monoisotopic (exact) mass is 393 g/mol. The summed E-state index contributed by atoms with van der Waals surface area (Å²) in [6, 6.07) is 19.3. The standard InChI is InChI=1S/C25H31NO3/c1-20(17-24(27)29-19-22-13-7-3-8-14-22)25(23-15-9-4-10-16-23)26(28)18-21-11-5-2-6-12-21/h2-3,5-8,11-14,23,25,28H,1,4,9-10,15-19H2. The van der Waals surface area contributed by atoms with Gasteiger partial charge in [-0.05, 0) is 35.5 Å². The third kappa shape index (κ3) is 6.55. The Hall–Kier alpha value is -2.43. The number of benzene rings is 2. The molecule has 1 aliphatic carbocycles. The van der Waals surface area contributed by atoms with Gasteiger partial charge in [0, 0.05) is 6.54 Å². The van der Waals surface area contributed by atoms with E-state index in [0.29, 0.717) is 12.5 Å². The van der Waals surface area contributed by atoms with Gasteiger partial charge in [-0.25, -0.2) is 0 Å². The van der Waals surface area contributed by atoms with Crippen LogP contribution < -0.4 is 0 Å². The van der Waals surface area contributed by atoms with Gasteiger partial charge in [-0.3, -0.25) is 4.79 Å². The molecule has 154 valence electrons. The highest BCUT2D eigenvalue weighted by Gasteiger charge is 2.31. The van der Waals surface area contributed by atoms with Crippen LogP contribution in [-0.4, -0.2) is 22.3 Å². The fourth-order valence-corrected chi connectivity index (χ4v) is 4.19. The van der Waals surface area contributed by atoms with Crippen molar-refractivity contribution in [2.75, 3.05) is 0 Å². The number of hydrogen-bond donors (Lipinski definition) is 1. The lowest BCUT2D eigenvalue weighted by Crippen LogP contribution is -2.40. The minimum absolute atomic E-state index is 0.125. The number of rotatable bonds is 9. The molecule has 0 saturated heterocycles. The third-order valence-corrected chi connectivity index (χ3v) is 5.64. The summed E-state index contributed by atoms with van der Waals surface area (Å²) in [5, 5.41) is 12.3. The molecule has 1 unspecified atom stereocenters. The zero-order chi connectivity index (χ0) is 20.5. The van der Waals surface area contributed by atoms with Gasteiger partial charge >= 0.3 is 5.97 Å². The maximum absolute atomic E-state index is 12.4. The summed E-state index contributed by atoms with van der Waals surface area (Å²) in [6.45, 7) is 4.86. The Morgan fingerprint density at radius 1 is 1.00 bits per heavy atom. The lowest BCUT2D eigenvalue weighted by molar-refractivity contribution is -0.149. The van der Waals surface area contributed by atoms with E-state index < -0.39 is 0 Å². The van der Waals surface area contributed by atoms with Crippen molar-refractivity contribution in [1.29, 1.82) is 0 Å². The van der Waals surface area contributed by atoms with Crippen molar-refractivity contribution >= 4 is 5.97 Å². The van der Waals surface area contributed by atoms with Gasteiger partial charge in [0.1, 0.15) is 6.61 Å². The summed E-state index contributed by atoms with van der Waals surface area (Å²) in [6.07, 6.45) is 5.78. The number of carbonyl (C=O) groups is 1. The number of esters is 1. The Bertz CT molecular complexity index is 769. The van der Waals surface area contributed by atoms with Gasteiger partial charge in [-0.15, -0.1) is 0 Å². The number of nitrogens with zero attached hydrogens (tertiary/aromatic N) is 1. The molecule has 0 aliphatic heterocycles. The van der Waals surface area contributed by atoms with Gasteiger partial charge < -0.3 is 9.94 Å².